The molecule has 1 aromatic carbocycles. The van der Waals surface area contributed by atoms with Crippen molar-refractivity contribution < 1.29 is 9.90 Å². The van der Waals surface area contributed by atoms with Gasteiger partial charge < -0.3 is 5.11 Å². The molecule has 1 rings (SSSR count). The van der Waals surface area contributed by atoms with Crippen molar-refractivity contribution in [1.82, 2.24) is 0 Å². The number of halogens is 6. The highest BCUT2D eigenvalue weighted by Crippen LogP contribution is 2.49. The van der Waals surface area contributed by atoms with Crippen molar-refractivity contribution in [3.8, 4) is 0 Å². The Kier molecular flexibility index (Phi) is 5.56. The van der Waals surface area contributed by atoms with Gasteiger partial charge in [0.2, 0.25) is 0 Å². The Balaban J connectivity index is 3.67. The van der Waals surface area contributed by atoms with Gasteiger partial charge in [0, 0.05) is 19.0 Å². The number of carboxylic acid groups (broad SMARTS) is 1. The first-order chi connectivity index (χ1) is 7.16. The van der Waals surface area contributed by atoms with Crippen LogP contribution >= 0.6 is 95.6 Å². The molecular formula is C8H2Br6O2. The van der Waals surface area contributed by atoms with Crippen LogP contribution in [0.2, 0.25) is 0 Å². The van der Waals surface area contributed by atoms with Gasteiger partial charge in [-0.05, 0) is 53.9 Å². The average Bonchev–Trinajstić information content (AvgIpc) is 2.11. The summed E-state index contributed by atoms with van der Waals surface area (Å²) < 4.78 is 1.10. The molecule has 0 radical (unpaired) electrons. The summed E-state index contributed by atoms with van der Waals surface area (Å²) in [6, 6.07) is 1.70. The van der Waals surface area contributed by atoms with Gasteiger partial charge in [-0.25, -0.2) is 4.79 Å². The minimum Gasteiger partial charge on any atom is -0.478 e. The summed E-state index contributed by atoms with van der Waals surface area (Å²) in [5, 5.41) is 9.20. The van der Waals surface area contributed by atoms with E-state index in [-0.39, 0.29) is 5.56 Å². The molecule has 8 heteroatoms. The zero-order valence-corrected chi connectivity index (χ0v) is 16.7. The largest absolute Gasteiger partial charge is 0.478 e. The molecule has 0 aliphatic rings. The Hall–Kier alpha value is 1.57. The molecular weight excluding hydrogens is 608 g/mol. The molecule has 0 aliphatic heterocycles. The van der Waals surface area contributed by atoms with E-state index >= 15 is 0 Å². The van der Waals surface area contributed by atoms with Crippen molar-refractivity contribution in [1.29, 1.82) is 0 Å². The van der Waals surface area contributed by atoms with Crippen molar-refractivity contribution >= 4 is 102 Å². The molecule has 0 spiro atoms. The van der Waals surface area contributed by atoms with E-state index in [1.54, 1.807) is 6.07 Å². The molecule has 0 aliphatic carbocycles. The van der Waals surface area contributed by atoms with Crippen LogP contribution in [0.1, 0.15) is 15.9 Å². The third kappa shape index (κ3) is 3.32. The molecule has 0 saturated heterocycles. The normalized spacial score (nSPS) is 11.6. The fourth-order valence-corrected chi connectivity index (χ4v) is 3.57. The summed E-state index contributed by atoms with van der Waals surface area (Å²) in [4.78, 5) is 11.2. The van der Waals surface area contributed by atoms with Gasteiger partial charge in [0.15, 0.2) is 2.14 Å². The van der Waals surface area contributed by atoms with Gasteiger partial charge in [0.1, 0.15) is 0 Å². The second-order valence-corrected chi connectivity index (χ2v) is 11.9. The first-order valence-electron chi connectivity index (χ1n) is 3.64. The zero-order valence-electron chi connectivity index (χ0n) is 7.20. The van der Waals surface area contributed by atoms with E-state index < -0.39 is 8.11 Å². The molecule has 88 valence electrons. The maximum Gasteiger partial charge on any atom is 0.337 e. The number of carbonyl (C=O) groups is 1. The predicted molar refractivity (Wildman–Crippen MR) is 85.0 cm³/mol. The van der Waals surface area contributed by atoms with Crippen LogP contribution in [0.5, 0.6) is 0 Å². The highest BCUT2D eigenvalue weighted by molar-refractivity contribution is 9.38. The van der Waals surface area contributed by atoms with Crippen LogP contribution in [-0.4, -0.2) is 11.1 Å². The Morgan fingerprint density at radius 2 is 1.62 bits per heavy atom. The molecule has 16 heavy (non-hydrogen) atoms. The molecule has 0 heterocycles. The summed E-state index contributed by atoms with van der Waals surface area (Å²) in [5.41, 5.74) is 0.711. The van der Waals surface area contributed by atoms with Gasteiger partial charge in [-0.15, -0.1) is 0 Å². The fourth-order valence-electron chi connectivity index (χ4n) is 1.03. The third-order valence-corrected chi connectivity index (χ3v) is 6.27. The number of hydrogen-bond acceptors (Lipinski definition) is 1. The number of carboxylic acids is 1. The summed E-state index contributed by atoms with van der Waals surface area (Å²) in [7, 11) is 0. The monoisotopic (exact) mass is 604 g/mol. The van der Waals surface area contributed by atoms with Crippen molar-refractivity contribution in [2.75, 3.05) is 0 Å². The first-order valence-corrected chi connectivity index (χ1v) is 8.40. The number of benzene rings is 1. The molecule has 1 aromatic rings. The molecule has 0 unspecified atom stereocenters. The number of aromatic carboxylic acids is 1. The number of hydrogen-bond donors (Lipinski definition) is 1. The van der Waals surface area contributed by atoms with Crippen LogP contribution in [0.3, 0.4) is 0 Å². The third-order valence-electron chi connectivity index (χ3n) is 1.68. The molecule has 0 atom stereocenters. The maximum atomic E-state index is 11.2. The number of rotatable bonds is 1. The fraction of sp³-hybridized carbons (Fsp3) is 0.125. The van der Waals surface area contributed by atoms with Crippen molar-refractivity contribution in [3.05, 3.63) is 30.6 Å². The number of alkyl halides is 3. The molecule has 0 bridgehead atoms. The summed E-state index contributed by atoms with van der Waals surface area (Å²) in [6.45, 7) is 0. The minimum atomic E-state index is -1.02. The predicted octanol–water partition coefficient (Wildman–Crippen LogP) is 5.97. The highest BCUT2D eigenvalue weighted by Gasteiger charge is 2.30. The summed E-state index contributed by atoms with van der Waals surface area (Å²) in [5.74, 6) is -1.02. The van der Waals surface area contributed by atoms with Crippen LogP contribution in [0.25, 0.3) is 0 Å². The topological polar surface area (TPSA) is 37.3 Å². The Labute approximate surface area is 142 Å². The summed E-state index contributed by atoms with van der Waals surface area (Å²) in [6.07, 6.45) is 0. The quantitative estimate of drug-likeness (QED) is 0.315. The van der Waals surface area contributed by atoms with Crippen LogP contribution in [0.4, 0.5) is 0 Å². The smallest absolute Gasteiger partial charge is 0.337 e. The van der Waals surface area contributed by atoms with E-state index in [1.165, 1.54) is 0 Å². The molecule has 0 fully saturated rings. The molecule has 1 N–H and O–H groups in total. The van der Waals surface area contributed by atoms with Gasteiger partial charge in [-0.1, -0.05) is 47.8 Å². The van der Waals surface area contributed by atoms with Crippen LogP contribution in [-0.2, 0) is 2.14 Å². The van der Waals surface area contributed by atoms with Crippen molar-refractivity contribution in [2.45, 2.75) is 2.14 Å². The molecule has 2 nitrogen and oxygen atoms in total. The van der Waals surface area contributed by atoms with E-state index in [9.17, 15) is 9.90 Å². The SMILES string of the molecule is O=C(O)c1c(C(Br)(Br)Br)cc(Br)c(Br)c1Br. The Morgan fingerprint density at radius 1 is 1.12 bits per heavy atom. The second kappa shape index (κ2) is 5.69. The van der Waals surface area contributed by atoms with Crippen LogP contribution in [0, 0.1) is 0 Å². The molecule has 0 saturated carbocycles. The van der Waals surface area contributed by atoms with Crippen LogP contribution in [0.15, 0.2) is 19.5 Å². The van der Waals surface area contributed by atoms with E-state index in [4.69, 9.17) is 0 Å². The lowest BCUT2D eigenvalue weighted by Crippen LogP contribution is -2.10. The molecule has 0 amide bonds. The van der Waals surface area contributed by atoms with E-state index in [0.717, 1.165) is 4.47 Å². The maximum absolute atomic E-state index is 11.2. The Bertz CT molecular complexity index is 451. The van der Waals surface area contributed by atoms with Gasteiger partial charge in [-0.2, -0.15) is 0 Å². The first kappa shape index (κ1) is 15.6. The van der Waals surface area contributed by atoms with Gasteiger partial charge in [-0.3, -0.25) is 0 Å². The van der Waals surface area contributed by atoms with Gasteiger partial charge in [0.25, 0.3) is 0 Å². The van der Waals surface area contributed by atoms with Crippen molar-refractivity contribution in [3.63, 3.8) is 0 Å². The van der Waals surface area contributed by atoms with E-state index in [2.05, 4.69) is 95.6 Å². The lowest BCUT2D eigenvalue weighted by atomic mass is 10.1. The van der Waals surface area contributed by atoms with E-state index in [0.29, 0.717) is 14.5 Å². The Morgan fingerprint density at radius 3 is 2.00 bits per heavy atom. The highest BCUT2D eigenvalue weighted by atomic mass is 80.0. The van der Waals surface area contributed by atoms with Crippen LogP contribution < -0.4 is 0 Å². The summed E-state index contributed by atoms with van der Waals surface area (Å²) >= 11 is 19.8. The zero-order chi connectivity index (χ0) is 12.7. The van der Waals surface area contributed by atoms with E-state index in [1.807, 2.05) is 0 Å². The average molecular weight is 610 g/mol. The van der Waals surface area contributed by atoms with Crippen molar-refractivity contribution in [2.24, 2.45) is 0 Å². The lowest BCUT2D eigenvalue weighted by molar-refractivity contribution is 0.0695. The minimum absolute atomic E-state index is 0.167. The second-order valence-electron chi connectivity index (χ2n) is 2.71. The van der Waals surface area contributed by atoms with Gasteiger partial charge >= 0.3 is 5.97 Å². The standard InChI is InChI=1S/C8H2Br6O2/c9-3-1-2(8(12,13)14)4(7(15)16)6(11)5(3)10/h1H,(H,15,16). The molecule has 0 aromatic heterocycles. The lowest BCUT2D eigenvalue weighted by Gasteiger charge is -2.18. The van der Waals surface area contributed by atoms with Gasteiger partial charge in [0.05, 0.1) is 5.56 Å².